The maximum Gasteiger partial charge on any atom is 1.00 e. The summed E-state index contributed by atoms with van der Waals surface area (Å²) in [7, 11) is -4.98. The zero-order valence-corrected chi connectivity index (χ0v) is 49.8. The average molecular weight is 1150 g/mol. The molecule has 0 amide bonds. The molecule has 1 aliphatic heterocycles. The summed E-state index contributed by atoms with van der Waals surface area (Å²) in [5, 5.41) is 5.19. The van der Waals surface area contributed by atoms with E-state index in [0.29, 0.717) is 38.8 Å². The van der Waals surface area contributed by atoms with Gasteiger partial charge >= 0.3 is 30.2 Å². The van der Waals surface area contributed by atoms with Crippen molar-refractivity contribution >= 4 is 37.3 Å². The fourth-order valence-electron chi connectivity index (χ4n) is 11.5. The van der Waals surface area contributed by atoms with Gasteiger partial charge in [-0.2, -0.15) is 0 Å². The van der Waals surface area contributed by atoms with Crippen molar-refractivity contribution in [2.24, 2.45) is 0 Å². The smallest absolute Gasteiger partial charge is 0.736 e. The third kappa shape index (κ3) is 11.9. The number of rotatable bonds is 8. The van der Waals surface area contributed by atoms with Gasteiger partial charge in [-0.3, -0.25) is 0 Å². The molecule has 7 heteroatoms. The fourth-order valence-corrected chi connectivity index (χ4v) is 18.4. The first kappa shape index (κ1) is 56.7. The molecule has 0 atom stereocenters. The van der Waals surface area contributed by atoms with E-state index in [2.05, 4.69) is 218 Å². The third-order valence-corrected chi connectivity index (χ3v) is 18.3. The van der Waals surface area contributed by atoms with Crippen LogP contribution in [-0.2, 0) is 26.9 Å². The maximum absolute atomic E-state index is 14.6. The van der Waals surface area contributed by atoms with Crippen LogP contribution in [0.4, 0.5) is 0 Å². The van der Waals surface area contributed by atoms with Crippen molar-refractivity contribution in [1.82, 2.24) is 0 Å². The molecule has 376 valence electrons. The summed E-state index contributed by atoms with van der Waals surface area (Å²) in [6, 6.07) is 30.1. The molecule has 0 saturated heterocycles. The van der Waals surface area contributed by atoms with Gasteiger partial charge in [0.15, 0.2) is 0 Å². The van der Waals surface area contributed by atoms with Crippen LogP contribution in [0.2, 0.25) is 0 Å². The first-order chi connectivity index (χ1) is 31.3. The monoisotopic (exact) mass is 1150 g/mol. The summed E-state index contributed by atoms with van der Waals surface area (Å²) in [5.74, 6) is 2.01. The predicted octanol–water partition coefficient (Wildman–Crippen LogP) is 19.8. The van der Waals surface area contributed by atoms with Crippen LogP contribution < -0.4 is 13.9 Å². The molecular weight excluding hydrogens is 1070 g/mol. The average Bonchev–Trinajstić information content (AvgIpc) is 3.33. The normalized spacial score (nSPS) is 14.0. The maximum atomic E-state index is 14.6. The van der Waals surface area contributed by atoms with E-state index in [1.165, 1.54) is 33.4 Å². The van der Waals surface area contributed by atoms with Gasteiger partial charge in [0.05, 0.1) is 0 Å². The Morgan fingerprint density at radius 1 is 0.435 bits per heavy atom. The molecule has 0 N–H and O–H groups in total. The van der Waals surface area contributed by atoms with Gasteiger partial charge in [0.25, 0.3) is 0 Å². The van der Waals surface area contributed by atoms with E-state index in [4.69, 9.17) is 9.05 Å². The van der Waals surface area contributed by atoms with Crippen molar-refractivity contribution in [2.75, 3.05) is 0 Å². The molecule has 6 aromatic carbocycles. The summed E-state index contributed by atoms with van der Waals surface area (Å²) < 4.78 is 27.4. The number of hydrogen-bond donors (Lipinski definition) is 0. The van der Waals surface area contributed by atoms with Gasteiger partial charge in [0.1, 0.15) is 11.5 Å². The molecule has 0 aliphatic carbocycles. The summed E-state index contributed by atoms with van der Waals surface area (Å²) in [4.78, 5) is 14.6. The standard InChI is InChI=1S/C50H57O4P.C12H27P.Au/c1-27(2)35-23-39(29(5)6)45(40(24-35)30(7)8)43-21-33-17-13-15-19-37(33)47-48-38-20-16-14-18-34(38)22-44(50(48)54-55(51,52)53-49(43)47)46-41(31(9)10)25-36(28(3)4)26-42(46)32(11)12;1-10(2,3)13(11(4,5)6)12(7,8)9;/h13-32H,1-12H3,(H,51,52);1-9H3;/q;;+1/p-1. The van der Waals surface area contributed by atoms with Crippen molar-refractivity contribution < 1.29 is 40.9 Å². The topological polar surface area (TPSA) is 58.6 Å². The molecular formula is C62H83AuO4P2. The molecule has 6 aromatic rings. The minimum absolute atomic E-state index is 0. The Labute approximate surface area is 435 Å². The number of hydrogen-bond acceptors (Lipinski definition) is 4. The van der Waals surface area contributed by atoms with Crippen LogP contribution in [0.3, 0.4) is 0 Å². The molecule has 0 unspecified atom stereocenters. The van der Waals surface area contributed by atoms with Crippen molar-refractivity contribution in [3.63, 3.8) is 0 Å². The van der Waals surface area contributed by atoms with Gasteiger partial charge in [0.2, 0.25) is 0 Å². The van der Waals surface area contributed by atoms with Crippen LogP contribution >= 0.6 is 15.7 Å². The van der Waals surface area contributed by atoms with E-state index >= 15 is 0 Å². The Morgan fingerprint density at radius 2 is 0.710 bits per heavy atom. The van der Waals surface area contributed by atoms with E-state index in [9.17, 15) is 9.46 Å². The molecule has 0 radical (unpaired) electrons. The van der Waals surface area contributed by atoms with Gasteiger partial charge in [-0.25, -0.2) is 4.57 Å². The molecule has 0 bridgehead atoms. The third-order valence-electron chi connectivity index (χ3n) is 13.5. The molecule has 69 heavy (non-hydrogen) atoms. The zero-order valence-electron chi connectivity index (χ0n) is 45.9. The number of benzene rings is 6. The van der Waals surface area contributed by atoms with Gasteiger partial charge in [-0.05, 0) is 129 Å². The summed E-state index contributed by atoms with van der Waals surface area (Å²) in [5.41, 5.74) is 12.3. The van der Waals surface area contributed by atoms with E-state index < -0.39 is 7.82 Å². The molecule has 0 fully saturated rings. The molecule has 1 aliphatic rings. The van der Waals surface area contributed by atoms with Crippen LogP contribution in [0.1, 0.15) is 214 Å². The summed E-state index contributed by atoms with van der Waals surface area (Å²) in [6.45, 7) is 48.1. The number of fused-ring (bicyclic) bond motifs is 7. The first-order valence-electron chi connectivity index (χ1n) is 25.3. The Bertz CT molecular complexity index is 2600. The Hall–Kier alpha value is -3.20. The molecule has 1 heterocycles. The van der Waals surface area contributed by atoms with Crippen molar-refractivity contribution in [1.29, 1.82) is 0 Å². The van der Waals surface area contributed by atoms with Crippen LogP contribution in [0, 0.1) is 0 Å². The van der Waals surface area contributed by atoms with Crippen LogP contribution in [0.5, 0.6) is 11.5 Å². The van der Waals surface area contributed by atoms with Crippen LogP contribution in [0.25, 0.3) is 54.9 Å². The van der Waals surface area contributed by atoms with Gasteiger partial charge < -0.3 is 13.9 Å². The van der Waals surface area contributed by atoms with E-state index in [-0.39, 0.29) is 54.0 Å². The molecule has 0 aromatic heterocycles. The van der Waals surface area contributed by atoms with Crippen LogP contribution in [0.15, 0.2) is 84.9 Å². The Kier molecular flexibility index (Phi) is 17.3. The van der Waals surface area contributed by atoms with E-state index in [0.717, 1.165) is 54.9 Å². The van der Waals surface area contributed by atoms with E-state index in [1.54, 1.807) is 0 Å². The predicted molar refractivity (Wildman–Crippen MR) is 297 cm³/mol. The Balaban J connectivity index is 0.000000556. The fraction of sp³-hybridized carbons (Fsp3) is 0.484. The first-order valence-corrected chi connectivity index (χ1v) is 28.1. The SMILES string of the molecule is CC(C)(C)P(C(C)(C)C)C(C)(C)C.CC(C)c1cc(C(C)C)c(-c2cc3ccccc3c3c2OP(=O)([O-])Oc2c(-c4c(C(C)C)cc(C(C)C)cc4C(C)C)cc4ccccc4c2-3)c(C(C)C)c1.[Au+]. The molecule has 7 rings (SSSR count). The van der Waals surface area contributed by atoms with Crippen molar-refractivity contribution in [2.45, 2.75) is 196 Å². The summed E-state index contributed by atoms with van der Waals surface area (Å²) in [6.07, 6.45) is 0. The van der Waals surface area contributed by atoms with Crippen molar-refractivity contribution in [3.8, 4) is 44.9 Å². The second kappa shape index (κ2) is 21.1. The largest absolute Gasteiger partial charge is 1.00 e. The quantitative estimate of drug-likeness (QED) is 0.113. The van der Waals surface area contributed by atoms with Crippen molar-refractivity contribution in [3.05, 3.63) is 118 Å². The number of phosphoric acid groups is 1. The molecule has 4 nitrogen and oxygen atoms in total. The van der Waals surface area contributed by atoms with Gasteiger partial charge in [-0.1, -0.05) is 226 Å². The van der Waals surface area contributed by atoms with E-state index in [1.807, 2.05) is 12.1 Å². The second-order valence-electron chi connectivity index (χ2n) is 24.3. The second-order valence-corrected chi connectivity index (χ2v) is 30.2. The van der Waals surface area contributed by atoms with Crippen LogP contribution in [-0.4, -0.2) is 15.5 Å². The minimum atomic E-state index is -5.00. The molecule has 0 spiro atoms. The Morgan fingerprint density at radius 3 is 0.942 bits per heavy atom. The van der Waals surface area contributed by atoms with Gasteiger partial charge in [-0.15, -0.1) is 0 Å². The number of phosphoric ester groups is 1. The van der Waals surface area contributed by atoms with Gasteiger partial charge in [0, 0.05) is 22.3 Å². The molecule has 0 saturated carbocycles. The zero-order chi connectivity index (χ0) is 50.7. The minimum Gasteiger partial charge on any atom is -0.736 e. The summed E-state index contributed by atoms with van der Waals surface area (Å²) >= 11 is 0.